The van der Waals surface area contributed by atoms with E-state index in [2.05, 4.69) is 10.6 Å². The van der Waals surface area contributed by atoms with Gasteiger partial charge in [-0.05, 0) is 12.1 Å². The Hall–Kier alpha value is -1.81. The number of carbonyl (C=O) groups excluding carboxylic acids is 1. The van der Waals surface area contributed by atoms with Crippen molar-refractivity contribution < 1.29 is 9.53 Å². The zero-order valence-corrected chi connectivity index (χ0v) is 9.62. The first kappa shape index (κ1) is 10.4. The van der Waals surface area contributed by atoms with Gasteiger partial charge in [0.2, 0.25) is 5.91 Å². The molecule has 3 rings (SSSR count). The van der Waals surface area contributed by atoms with E-state index >= 15 is 0 Å². The Labute approximate surface area is 99.7 Å². The van der Waals surface area contributed by atoms with Crippen molar-refractivity contribution >= 4 is 11.6 Å². The van der Waals surface area contributed by atoms with E-state index in [9.17, 15) is 4.79 Å². The van der Waals surface area contributed by atoms with Crippen LogP contribution in [0, 0.1) is 0 Å². The smallest absolute Gasteiger partial charge is 0.240 e. The monoisotopic (exact) mass is 230 g/mol. The quantitative estimate of drug-likeness (QED) is 0.709. The maximum atomic E-state index is 12.2. The number of hydrogen-bond acceptors (Lipinski definition) is 3. The Morgan fingerprint density at radius 3 is 3.00 bits per heavy atom. The van der Waals surface area contributed by atoms with Crippen LogP contribution in [0.3, 0.4) is 0 Å². The van der Waals surface area contributed by atoms with Gasteiger partial charge in [0.15, 0.2) is 0 Å². The molecule has 0 unspecified atom stereocenters. The summed E-state index contributed by atoms with van der Waals surface area (Å²) in [6.07, 6.45) is 3.97. The van der Waals surface area contributed by atoms with Gasteiger partial charge in [-0.1, -0.05) is 18.2 Å². The molecule has 0 bridgehead atoms. The maximum absolute atomic E-state index is 12.2. The largest absolute Gasteiger partial charge is 0.496 e. The van der Waals surface area contributed by atoms with E-state index in [4.69, 9.17) is 4.74 Å². The number of benzene rings is 1. The summed E-state index contributed by atoms with van der Waals surface area (Å²) >= 11 is 0. The highest BCUT2D eigenvalue weighted by molar-refractivity contribution is 6.09. The Morgan fingerprint density at radius 2 is 2.29 bits per heavy atom. The van der Waals surface area contributed by atoms with Gasteiger partial charge in [-0.25, -0.2) is 0 Å². The molecule has 17 heavy (non-hydrogen) atoms. The first-order valence-electron chi connectivity index (χ1n) is 5.65. The lowest BCUT2D eigenvalue weighted by molar-refractivity contribution is -0.119. The van der Waals surface area contributed by atoms with Crippen molar-refractivity contribution in [1.82, 2.24) is 5.32 Å². The molecule has 1 aromatic carbocycles. The van der Waals surface area contributed by atoms with Gasteiger partial charge in [0, 0.05) is 24.3 Å². The molecule has 0 fully saturated rings. The van der Waals surface area contributed by atoms with Crippen LogP contribution in [-0.4, -0.2) is 26.1 Å². The lowest BCUT2D eigenvalue weighted by Crippen LogP contribution is -2.45. The first-order valence-corrected chi connectivity index (χ1v) is 5.65. The lowest BCUT2D eigenvalue weighted by Gasteiger charge is -2.28. The number of anilines is 1. The van der Waals surface area contributed by atoms with Crippen molar-refractivity contribution in [3.63, 3.8) is 0 Å². The summed E-state index contributed by atoms with van der Waals surface area (Å²) in [6, 6.07) is 5.69. The highest BCUT2D eigenvalue weighted by Gasteiger charge is 2.47. The van der Waals surface area contributed by atoms with E-state index in [0.717, 1.165) is 23.5 Å². The van der Waals surface area contributed by atoms with Crippen molar-refractivity contribution in [2.75, 3.05) is 25.5 Å². The fourth-order valence-electron chi connectivity index (χ4n) is 2.61. The highest BCUT2D eigenvalue weighted by Crippen LogP contribution is 2.44. The molecule has 2 aliphatic rings. The average Bonchev–Trinajstić information content (AvgIpc) is 2.64. The molecule has 0 aliphatic carbocycles. The molecule has 0 saturated carbocycles. The number of fused-ring (bicyclic) bond motifs is 2. The first-order chi connectivity index (χ1) is 8.28. The second kappa shape index (κ2) is 3.60. The van der Waals surface area contributed by atoms with Gasteiger partial charge in [0.25, 0.3) is 0 Å². The molecule has 1 atom stereocenters. The Balaban J connectivity index is 2.24. The summed E-state index contributed by atoms with van der Waals surface area (Å²) in [5.74, 6) is 0.773. The van der Waals surface area contributed by atoms with Gasteiger partial charge in [0.1, 0.15) is 11.2 Å². The number of ether oxygens (including phenoxy) is 1. The summed E-state index contributed by atoms with van der Waals surface area (Å²) in [5, 5.41) is 6.16. The van der Waals surface area contributed by atoms with Gasteiger partial charge < -0.3 is 15.4 Å². The molecule has 1 amide bonds. The van der Waals surface area contributed by atoms with Crippen molar-refractivity contribution in [2.24, 2.45) is 0 Å². The van der Waals surface area contributed by atoms with Crippen LogP contribution in [0.25, 0.3) is 0 Å². The minimum absolute atomic E-state index is 0.0143. The number of amides is 1. The molecular weight excluding hydrogens is 216 g/mol. The second-order valence-corrected chi connectivity index (χ2v) is 4.34. The molecule has 0 radical (unpaired) electrons. The van der Waals surface area contributed by atoms with Crippen molar-refractivity contribution in [1.29, 1.82) is 0 Å². The summed E-state index contributed by atoms with van der Waals surface area (Å²) in [6.45, 7) is 1.42. The molecule has 4 nitrogen and oxygen atoms in total. The average molecular weight is 230 g/mol. The zero-order valence-electron chi connectivity index (χ0n) is 9.62. The van der Waals surface area contributed by atoms with Crippen molar-refractivity contribution in [3.8, 4) is 5.75 Å². The van der Waals surface area contributed by atoms with E-state index in [1.54, 1.807) is 7.11 Å². The SMILES string of the molecule is COc1cccc2c1[C@@]1(C=CCNC1)C(=O)N2. The molecule has 2 N–H and O–H groups in total. The number of rotatable bonds is 1. The van der Waals surface area contributed by atoms with Crippen LogP contribution in [-0.2, 0) is 10.2 Å². The molecule has 88 valence electrons. The van der Waals surface area contributed by atoms with Crippen molar-refractivity contribution in [3.05, 3.63) is 35.9 Å². The van der Waals surface area contributed by atoms with Gasteiger partial charge in [-0.15, -0.1) is 0 Å². The normalized spacial score (nSPS) is 25.8. The van der Waals surface area contributed by atoms with E-state index in [0.29, 0.717) is 6.54 Å². The van der Waals surface area contributed by atoms with E-state index in [1.807, 2.05) is 30.4 Å². The van der Waals surface area contributed by atoms with Crippen LogP contribution in [0.4, 0.5) is 5.69 Å². The molecule has 1 aromatic rings. The molecular formula is C13H14N2O2. The summed E-state index contributed by atoms with van der Waals surface area (Å²) in [4.78, 5) is 12.2. The third kappa shape index (κ3) is 1.31. The lowest BCUT2D eigenvalue weighted by atomic mass is 9.79. The van der Waals surface area contributed by atoms with E-state index in [1.165, 1.54) is 0 Å². The third-order valence-electron chi connectivity index (χ3n) is 3.41. The molecule has 2 heterocycles. The van der Waals surface area contributed by atoms with E-state index in [-0.39, 0.29) is 5.91 Å². The third-order valence-corrected chi connectivity index (χ3v) is 3.41. The minimum Gasteiger partial charge on any atom is -0.496 e. The van der Waals surface area contributed by atoms with Crippen LogP contribution in [0.1, 0.15) is 5.56 Å². The van der Waals surface area contributed by atoms with Crippen LogP contribution in [0.5, 0.6) is 5.75 Å². The zero-order chi connectivity index (χ0) is 11.9. The van der Waals surface area contributed by atoms with Crippen LogP contribution in [0.2, 0.25) is 0 Å². The molecule has 1 spiro atoms. The Morgan fingerprint density at radius 1 is 1.41 bits per heavy atom. The van der Waals surface area contributed by atoms with Crippen LogP contribution >= 0.6 is 0 Å². The molecule has 0 aromatic heterocycles. The molecule has 4 heteroatoms. The number of carbonyl (C=O) groups is 1. The van der Waals surface area contributed by atoms with Gasteiger partial charge in [-0.2, -0.15) is 0 Å². The number of hydrogen-bond donors (Lipinski definition) is 2. The predicted molar refractivity (Wildman–Crippen MR) is 65.3 cm³/mol. The Bertz CT molecular complexity index is 510. The van der Waals surface area contributed by atoms with Gasteiger partial charge >= 0.3 is 0 Å². The number of nitrogens with one attached hydrogen (secondary N) is 2. The molecule has 2 aliphatic heterocycles. The van der Waals surface area contributed by atoms with Gasteiger partial charge in [-0.3, -0.25) is 4.79 Å². The van der Waals surface area contributed by atoms with Crippen LogP contribution < -0.4 is 15.4 Å². The fourth-order valence-corrected chi connectivity index (χ4v) is 2.61. The molecule has 0 saturated heterocycles. The standard InChI is InChI=1S/C13H14N2O2/c1-17-10-5-2-4-9-11(10)13(12(16)15-9)6-3-7-14-8-13/h2-6,14H,7-8H2,1H3,(H,15,16)/t13-/m0/s1. The summed E-state index contributed by atoms with van der Waals surface area (Å²) in [7, 11) is 1.63. The van der Waals surface area contributed by atoms with Gasteiger partial charge in [0.05, 0.1) is 7.11 Å². The van der Waals surface area contributed by atoms with Crippen molar-refractivity contribution in [2.45, 2.75) is 5.41 Å². The fraction of sp³-hybridized carbons (Fsp3) is 0.308. The summed E-state index contributed by atoms with van der Waals surface area (Å²) < 4.78 is 5.38. The second-order valence-electron chi connectivity index (χ2n) is 4.34. The van der Waals surface area contributed by atoms with Crippen LogP contribution in [0.15, 0.2) is 30.4 Å². The minimum atomic E-state index is -0.611. The predicted octanol–water partition coefficient (Wildman–Crippen LogP) is 1.04. The summed E-state index contributed by atoms with van der Waals surface area (Å²) in [5.41, 5.74) is 1.18. The topological polar surface area (TPSA) is 50.4 Å². The van der Waals surface area contributed by atoms with E-state index < -0.39 is 5.41 Å². The maximum Gasteiger partial charge on any atom is 0.240 e. The Kier molecular flexibility index (Phi) is 2.19. The number of methoxy groups -OCH3 is 1. The highest BCUT2D eigenvalue weighted by atomic mass is 16.5.